The number of hydrogen-bond donors (Lipinski definition) is 2. The van der Waals surface area contributed by atoms with E-state index in [0.717, 1.165) is 31.4 Å². The van der Waals surface area contributed by atoms with Crippen molar-refractivity contribution in [2.45, 2.75) is 37.8 Å². The minimum absolute atomic E-state index is 0. The Kier molecular flexibility index (Phi) is 7.65. The van der Waals surface area contributed by atoms with Crippen LogP contribution >= 0.6 is 12.4 Å². The van der Waals surface area contributed by atoms with Gasteiger partial charge < -0.3 is 20.1 Å². The molecule has 1 heterocycles. The fourth-order valence-electron chi connectivity index (χ4n) is 3.72. The van der Waals surface area contributed by atoms with Crippen LogP contribution in [0, 0.1) is 5.41 Å². The summed E-state index contributed by atoms with van der Waals surface area (Å²) in [7, 11) is 1.35. The van der Waals surface area contributed by atoms with Crippen LogP contribution < -0.4 is 10.6 Å². The summed E-state index contributed by atoms with van der Waals surface area (Å²) in [6, 6.07) is 7.40. The first-order chi connectivity index (χ1) is 13.0. The number of amides is 2. The highest BCUT2D eigenvalue weighted by molar-refractivity contribution is 5.97. The van der Waals surface area contributed by atoms with Gasteiger partial charge >= 0.3 is 12.0 Å². The van der Waals surface area contributed by atoms with Crippen LogP contribution in [0.1, 0.15) is 31.2 Å². The molecule has 28 heavy (non-hydrogen) atoms. The summed E-state index contributed by atoms with van der Waals surface area (Å²) < 4.78 is 10.2. The molecule has 2 aliphatic rings. The number of anilines is 1. The van der Waals surface area contributed by atoms with Crippen LogP contribution in [0.15, 0.2) is 24.3 Å². The van der Waals surface area contributed by atoms with Crippen LogP contribution in [0.3, 0.4) is 0 Å². The number of halogens is 1. The Morgan fingerprint density at radius 1 is 1.18 bits per heavy atom. The van der Waals surface area contributed by atoms with E-state index < -0.39 is 0 Å². The van der Waals surface area contributed by atoms with Crippen molar-refractivity contribution in [3.63, 3.8) is 0 Å². The number of ether oxygens (including phenoxy) is 2. The molecule has 0 aromatic heterocycles. The summed E-state index contributed by atoms with van der Waals surface area (Å²) in [5.41, 5.74) is 6.95. The molecule has 0 unspecified atom stereocenters. The van der Waals surface area contributed by atoms with Gasteiger partial charge in [0.05, 0.1) is 13.2 Å². The van der Waals surface area contributed by atoms with Crippen molar-refractivity contribution in [2.75, 3.05) is 31.7 Å². The number of nitrogens with two attached hydrogens (primary N) is 1. The lowest BCUT2D eigenvalue weighted by Gasteiger charge is -2.34. The zero-order valence-corrected chi connectivity index (χ0v) is 16.7. The van der Waals surface area contributed by atoms with Crippen LogP contribution in [0.4, 0.5) is 10.5 Å². The first kappa shape index (κ1) is 22.0. The molecule has 9 heteroatoms. The van der Waals surface area contributed by atoms with Gasteiger partial charge in [-0.15, -0.1) is 12.4 Å². The van der Waals surface area contributed by atoms with Crippen molar-refractivity contribution in [3.05, 3.63) is 29.8 Å². The minimum Gasteiger partial charge on any atom is -0.467 e. The summed E-state index contributed by atoms with van der Waals surface area (Å²) in [4.78, 5) is 27.7. The molecule has 0 radical (unpaired) electrons. The van der Waals surface area contributed by atoms with E-state index in [9.17, 15) is 9.59 Å². The van der Waals surface area contributed by atoms with Gasteiger partial charge in [-0.1, -0.05) is 0 Å². The van der Waals surface area contributed by atoms with Crippen molar-refractivity contribution < 1.29 is 19.1 Å². The number of hydrogen-bond acceptors (Lipinski definition) is 5. The van der Waals surface area contributed by atoms with Gasteiger partial charge in [0.1, 0.15) is 12.4 Å². The molecular formula is C19H27ClN4O4. The number of nitrogen functional groups attached to an aromatic ring is 1. The van der Waals surface area contributed by atoms with E-state index in [1.54, 1.807) is 17.0 Å². The molecule has 1 aliphatic heterocycles. The summed E-state index contributed by atoms with van der Waals surface area (Å²) in [6.07, 6.45) is 3.45. The summed E-state index contributed by atoms with van der Waals surface area (Å²) in [6.45, 7) is 1.33. The van der Waals surface area contributed by atoms with Crippen molar-refractivity contribution in [3.8, 4) is 0 Å². The molecule has 3 rings (SSSR count). The Labute approximate surface area is 170 Å². The van der Waals surface area contributed by atoms with Gasteiger partial charge in [-0.2, -0.15) is 0 Å². The standard InChI is InChI=1S/C19H26N4O4.ClH/c1-26-17(24)12-27-16-8-6-15(7-9-16)23-11-10-22(19(23)25)14-4-2-13(3-5-14)18(20)21;/h2-5,15-16H,6-12H2,1H3,(H3,20,21);1H. The monoisotopic (exact) mass is 410 g/mol. The van der Waals surface area contributed by atoms with Gasteiger partial charge in [-0.05, 0) is 49.9 Å². The molecule has 154 valence electrons. The normalized spacial score (nSPS) is 22.0. The molecule has 0 atom stereocenters. The molecular weight excluding hydrogens is 384 g/mol. The smallest absolute Gasteiger partial charge is 0.331 e. The second-order valence-electron chi connectivity index (χ2n) is 6.91. The fourth-order valence-corrected chi connectivity index (χ4v) is 3.72. The van der Waals surface area contributed by atoms with Gasteiger partial charge in [0.15, 0.2) is 0 Å². The molecule has 0 spiro atoms. The Morgan fingerprint density at radius 2 is 1.82 bits per heavy atom. The molecule has 1 aromatic rings. The number of urea groups is 1. The van der Waals surface area contributed by atoms with Crippen molar-refractivity contribution in [1.82, 2.24) is 4.90 Å². The van der Waals surface area contributed by atoms with Gasteiger partial charge in [0, 0.05) is 30.4 Å². The van der Waals surface area contributed by atoms with Crippen molar-refractivity contribution in [1.29, 1.82) is 5.41 Å². The highest BCUT2D eigenvalue weighted by atomic mass is 35.5. The maximum Gasteiger partial charge on any atom is 0.331 e. The quantitative estimate of drug-likeness (QED) is 0.424. The molecule has 1 saturated heterocycles. The van der Waals surface area contributed by atoms with Crippen molar-refractivity contribution in [2.24, 2.45) is 5.73 Å². The second kappa shape index (κ2) is 9.75. The predicted octanol–water partition coefficient (Wildman–Crippen LogP) is 2.14. The van der Waals surface area contributed by atoms with Crippen LogP contribution in [-0.2, 0) is 14.3 Å². The Morgan fingerprint density at radius 3 is 2.39 bits per heavy atom. The lowest BCUT2D eigenvalue weighted by atomic mass is 9.92. The van der Waals surface area contributed by atoms with Crippen LogP contribution in [-0.4, -0.2) is 61.7 Å². The van der Waals surface area contributed by atoms with E-state index in [4.69, 9.17) is 15.9 Å². The van der Waals surface area contributed by atoms with Crippen LogP contribution in [0.2, 0.25) is 0 Å². The Hall–Kier alpha value is -2.32. The molecule has 1 aromatic carbocycles. The van der Waals surface area contributed by atoms with Gasteiger partial charge in [0.25, 0.3) is 0 Å². The number of nitrogens with zero attached hydrogens (tertiary/aromatic N) is 2. The molecule has 3 N–H and O–H groups in total. The lowest BCUT2D eigenvalue weighted by molar-refractivity contribution is -0.148. The van der Waals surface area contributed by atoms with Gasteiger partial charge in [-0.25, -0.2) is 9.59 Å². The zero-order valence-electron chi connectivity index (χ0n) is 15.9. The minimum atomic E-state index is -0.363. The molecule has 0 bridgehead atoms. The zero-order chi connectivity index (χ0) is 19.4. The summed E-state index contributed by atoms with van der Waals surface area (Å²) >= 11 is 0. The number of carbonyl (C=O) groups excluding carboxylic acids is 2. The number of esters is 1. The van der Waals surface area contributed by atoms with E-state index >= 15 is 0 Å². The number of carbonyl (C=O) groups is 2. The Balaban J connectivity index is 0.00000280. The molecule has 8 nitrogen and oxygen atoms in total. The molecule has 2 amide bonds. The van der Waals surface area contributed by atoms with Gasteiger partial charge in [-0.3, -0.25) is 10.3 Å². The third kappa shape index (κ3) is 4.94. The van der Waals surface area contributed by atoms with E-state index in [0.29, 0.717) is 18.7 Å². The number of benzene rings is 1. The third-order valence-electron chi connectivity index (χ3n) is 5.28. The number of nitrogens with one attached hydrogen (secondary N) is 1. The summed E-state index contributed by atoms with van der Waals surface area (Å²) in [5, 5.41) is 7.45. The topological polar surface area (TPSA) is 109 Å². The third-order valence-corrected chi connectivity index (χ3v) is 5.28. The predicted molar refractivity (Wildman–Crippen MR) is 108 cm³/mol. The average Bonchev–Trinajstić information content (AvgIpc) is 3.08. The number of methoxy groups -OCH3 is 1. The average molecular weight is 411 g/mol. The molecule has 2 fully saturated rings. The Bertz CT molecular complexity index is 704. The van der Waals surface area contributed by atoms with E-state index in [1.165, 1.54) is 7.11 Å². The van der Waals surface area contributed by atoms with E-state index in [-0.39, 0.29) is 49.0 Å². The summed E-state index contributed by atoms with van der Waals surface area (Å²) in [5.74, 6) is -0.347. The first-order valence-electron chi connectivity index (χ1n) is 9.20. The molecule has 1 aliphatic carbocycles. The van der Waals surface area contributed by atoms with Crippen molar-refractivity contribution >= 4 is 35.9 Å². The maximum absolute atomic E-state index is 12.9. The SMILES string of the molecule is COC(=O)COC1CCC(N2CCN(c3ccc(C(=N)N)cc3)C2=O)CC1.Cl. The highest BCUT2D eigenvalue weighted by Crippen LogP contribution is 2.29. The maximum atomic E-state index is 12.9. The fraction of sp³-hybridized carbons (Fsp3) is 0.526. The van der Waals surface area contributed by atoms with E-state index in [1.807, 2.05) is 17.0 Å². The largest absolute Gasteiger partial charge is 0.467 e. The lowest BCUT2D eigenvalue weighted by Crippen LogP contribution is -2.42. The van der Waals surface area contributed by atoms with E-state index in [2.05, 4.69) is 4.74 Å². The first-order valence-corrected chi connectivity index (χ1v) is 9.20. The number of rotatable bonds is 6. The van der Waals surface area contributed by atoms with Gasteiger partial charge in [0.2, 0.25) is 0 Å². The molecule has 1 saturated carbocycles. The van der Waals surface area contributed by atoms with Crippen LogP contribution in [0.25, 0.3) is 0 Å². The second-order valence-corrected chi connectivity index (χ2v) is 6.91. The van der Waals surface area contributed by atoms with Crippen LogP contribution in [0.5, 0.6) is 0 Å². The highest BCUT2D eigenvalue weighted by Gasteiger charge is 2.36. The number of amidine groups is 1.